The molecule has 1 N–H and O–H groups in total. The van der Waals surface area contributed by atoms with Crippen LogP contribution in [0.3, 0.4) is 0 Å². The van der Waals surface area contributed by atoms with Gasteiger partial charge in [-0.1, -0.05) is 212 Å². The van der Waals surface area contributed by atoms with Gasteiger partial charge in [-0.25, -0.2) is 4.57 Å². The Kier molecular flexibility index (Phi) is 49.2. The molecular weight excluding hydrogens is 918 g/mol. The number of rotatable bonds is 49. The molecule has 2 atom stereocenters. The van der Waals surface area contributed by atoms with Gasteiger partial charge in [-0.2, -0.15) is 0 Å². The van der Waals surface area contributed by atoms with E-state index in [1.54, 1.807) is 0 Å². The second-order valence-electron chi connectivity index (χ2n) is 19.2. The Hall–Kier alpha value is -3.85. The summed E-state index contributed by atoms with van der Waals surface area (Å²) < 4.78 is 34.4. The molecule has 0 aromatic rings. The van der Waals surface area contributed by atoms with E-state index in [1.165, 1.54) is 57.8 Å². The van der Waals surface area contributed by atoms with E-state index in [9.17, 15) is 19.0 Å². The molecule has 0 aromatic carbocycles. The van der Waals surface area contributed by atoms with Gasteiger partial charge < -0.3 is 18.9 Å². The third-order valence-corrected chi connectivity index (χ3v) is 12.2. The number of quaternary nitrogens is 1. The normalized spacial score (nSPS) is 14.4. The molecule has 0 aromatic heterocycles. The molecule has 9 nitrogen and oxygen atoms in total. The summed E-state index contributed by atoms with van der Waals surface area (Å²) in [5, 5.41) is 0. The Morgan fingerprint density at radius 1 is 0.431 bits per heavy atom. The number of carbonyl (C=O) groups excluding carboxylic acids is 2. The lowest BCUT2D eigenvalue weighted by atomic mass is 10.0. The maximum atomic E-state index is 12.8. The average molecular weight is 1020 g/mol. The fourth-order valence-electron chi connectivity index (χ4n) is 6.94. The fraction of sp³-hybridized carbons (Fsp3) is 0.613. The lowest BCUT2D eigenvalue weighted by Crippen LogP contribution is -2.37. The maximum absolute atomic E-state index is 12.8. The van der Waals surface area contributed by atoms with Gasteiger partial charge in [0.2, 0.25) is 0 Å². The number of hydrogen-bond acceptors (Lipinski definition) is 7. The first-order valence-corrected chi connectivity index (χ1v) is 29.4. The first-order chi connectivity index (χ1) is 35.0. The highest BCUT2D eigenvalue weighted by Crippen LogP contribution is 2.43. The van der Waals surface area contributed by atoms with Crippen molar-refractivity contribution in [3.63, 3.8) is 0 Å². The molecule has 0 aliphatic rings. The molecule has 0 spiro atoms. The van der Waals surface area contributed by atoms with Crippen LogP contribution >= 0.6 is 7.82 Å². The predicted molar refractivity (Wildman–Crippen MR) is 307 cm³/mol. The Morgan fingerprint density at radius 3 is 1.15 bits per heavy atom. The summed E-state index contributed by atoms with van der Waals surface area (Å²) in [7, 11) is 1.43. The second kappa shape index (κ2) is 52.0. The summed E-state index contributed by atoms with van der Waals surface area (Å²) >= 11 is 0. The van der Waals surface area contributed by atoms with Crippen LogP contribution in [0.25, 0.3) is 0 Å². The van der Waals surface area contributed by atoms with Crippen molar-refractivity contribution < 1.29 is 42.1 Å². The van der Waals surface area contributed by atoms with Gasteiger partial charge >= 0.3 is 19.8 Å². The van der Waals surface area contributed by atoms with Crippen LogP contribution in [0.4, 0.5) is 0 Å². The number of unbranched alkanes of at least 4 members (excludes halogenated alkanes) is 13. The van der Waals surface area contributed by atoms with Crippen LogP contribution in [0.15, 0.2) is 134 Å². The topological polar surface area (TPSA) is 108 Å². The van der Waals surface area contributed by atoms with Gasteiger partial charge in [-0.3, -0.25) is 18.6 Å². The Balaban J connectivity index is 4.23. The van der Waals surface area contributed by atoms with Crippen molar-refractivity contribution in [3.8, 4) is 0 Å². The molecule has 0 fully saturated rings. The molecule has 0 aliphatic heterocycles. The Morgan fingerprint density at radius 2 is 0.764 bits per heavy atom. The van der Waals surface area contributed by atoms with Crippen molar-refractivity contribution in [2.75, 3.05) is 47.5 Å². The van der Waals surface area contributed by atoms with Gasteiger partial charge in [0, 0.05) is 12.8 Å². The van der Waals surface area contributed by atoms with Gasteiger partial charge in [0.15, 0.2) is 6.10 Å². The molecule has 0 saturated carbocycles. The van der Waals surface area contributed by atoms with Crippen LogP contribution in [0.5, 0.6) is 0 Å². The SMILES string of the molecule is CC/C=C\C/C=C\C/C=C\C/C=C\C/C=C\C/C=C\CCCCCCCCCCCCCCC(=O)OC(COC(=O)CCC/C=C\C/C=C\C/C=C\C/C=C\C/C=C\CC)COP(=O)(O)OCC[N+](C)(C)C. The van der Waals surface area contributed by atoms with E-state index in [0.717, 1.165) is 96.3 Å². The molecule has 408 valence electrons. The van der Waals surface area contributed by atoms with Crippen LogP contribution in [-0.2, 0) is 32.7 Å². The number of ether oxygens (including phenoxy) is 2. The van der Waals surface area contributed by atoms with E-state index >= 15 is 0 Å². The highest BCUT2D eigenvalue weighted by Gasteiger charge is 2.27. The molecule has 0 aliphatic carbocycles. The van der Waals surface area contributed by atoms with Crippen LogP contribution in [0.2, 0.25) is 0 Å². The largest absolute Gasteiger partial charge is 0.472 e. The van der Waals surface area contributed by atoms with Crippen LogP contribution in [-0.4, -0.2) is 74.9 Å². The molecule has 0 rings (SSSR count). The van der Waals surface area contributed by atoms with E-state index in [2.05, 4.69) is 148 Å². The van der Waals surface area contributed by atoms with Gasteiger partial charge in [-0.05, 0) is 103 Å². The zero-order valence-electron chi connectivity index (χ0n) is 46.1. The summed E-state index contributed by atoms with van der Waals surface area (Å²) in [6.07, 6.45) is 75.3. The van der Waals surface area contributed by atoms with Gasteiger partial charge in [0.25, 0.3) is 0 Å². The Bertz CT molecular complexity index is 1670. The van der Waals surface area contributed by atoms with Crippen molar-refractivity contribution in [1.82, 2.24) is 0 Å². The van der Waals surface area contributed by atoms with E-state index < -0.39 is 32.5 Å². The van der Waals surface area contributed by atoms with E-state index in [1.807, 2.05) is 21.1 Å². The molecule has 10 heteroatoms. The third kappa shape index (κ3) is 55.5. The summed E-state index contributed by atoms with van der Waals surface area (Å²) in [6, 6.07) is 0. The zero-order chi connectivity index (χ0) is 52.7. The van der Waals surface area contributed by atoms with Crippen molar-refractivity contribution in [3.05, 3.63) is 134 Å². The number of carbonyl (C=O) groups is 2. The number of allylic oxidation sites excluding steroid dienone is 22. The highest BCUT2D eigenvalue weighted by molar-refractivity contribution is 7.47. The number of likely N-dealkylation sites (N-methyl/N-ethyl adjacent to an activating group) is 1. The molecule has 0 heterocycles. The average Bonchev–Trinajstić information content (AvgIpc) is 3.34. The van der Waals surface area contributed by atoms with Gasteiger partial charge in [0.05, 0.1) is 27.7 Å². The minimum Gasteiger partial charge on any atom is -0.462 e. The summed E-state index contributed by atoms with van der Waals surface area (Å²) in [6.45, 7) is 4.11. The van der Waals surface area contributed by atoms with Crippen LogP contribution < -0.4 is 0 Å². The monoisotopic (exact) mass is 1020 g/mol. The molecule has 72 heavy (non-hydrogen) atoms. The lowest BCUT2D eigenvalue weighted by Gasteiger charge is -2.24. The first-order valence-electron chi connectivity index (χ1n) is 27.9. The standard InChI is InChI=1S/C62H102NO8P/c1-6-8-10-12-14-16-18-20-22-24-25-26-27-28-29-30-31-32-33-34-35-36-37-39-41-43-45-47-49-51-53-55-62(65)71-60(59-70-72(66,67)69-57-56-63(3,4)5)58-68-61(64)54-52-50-48-46-44-42-40-38-23-21-19-17-15-13-11-9-7-2/h8-11,14-17,20-23,25-26,28-29,31-32,40,42,46,48,60H,6-7,12-13,18-19,24,27,30,33-39,41,43-45,47,49-59H2,1-5H3/p+1/b10-8-,11-9-,16-14-,17-15-,22-20-,23-21-,26-25-,29-28-,32-31-,42-40-,48-46-. The zero-order valence-corrected chi connectivity index (χ0v) is 47.0. The number of esters is 2. The summed E-state index contributed by atoms with van der Waals surface area (Å²) in [4.78, 5) is 35.6. The summed E-state index contributed by atoms with van der Waals surface area (Å²) in [5.41, 5.74) is 0. The fourth-order valence-corrected chi connectivity index (χ4v) is 7.68. The van der Waals surface area contributed by atoms with E-state index in [0.29, 0.717) is 23.9 Å². The van der Waals surface area contributed by atoms with Crippen molar-refractivity contribution in [2.24, 2.45) is 0 Å². The lowest BCUT2D eigenvalue weighted by molar-refractivity contribution is -0.870. The number of nitrogens with zero attached hydrogens (tertiary/aromatic N) is 1. The van der Waals surface area contributed by atoms with Gasteiger partial charge in [0.1, 0.15) is 19.8 Å². The van der Waals surface area contributed by atoms with E-state index in [4.69, 9.17) is 18.5 Å². The summed E-state index contributed by atoms with van der Waals surface area (Å²) in [5.74, 6) is -0.878. The highest BCUT2D eigenvalue weighted by atomic mass is 31.2. The third-order valence-electron chi connectivity index (χ3n) is 11.2. The number of phosphoric acid groups is 1. The van der Waals surface area contributed by atoms with Crippen LogP contribution in [0, 0.1) is 0 Å². The quantitative estimate of drug-likeness (QED) is 0.0211. The van der Waals surface area contributed by atoms with Gasteiger partial charge in [-0.15, -0.1) is 0 Å². The number of hydrogen-bond donors (Lipinski definition) is 1. The van der Waals surface area contributed by atoms with Crippen LogP contribution in [0.1, 0.15) is 194 Å². The minimum absolute atomic E-state index is 0.0153. The smallest absolute Gasteiger partial charge is 0.462 e. The number of phosphoric ester groups is 1. The van der Waals surface area contributed by atoms with Crippen molar-refractivity contribution in [1.29, 1.82) is 0 Å². The van der Waals surface area contributed by atoms with Crippen molar-refractivity contribution >= 4 is 19.8 Å². The molecule has 0 amide bonds. The van der Waals surface area contributed by atoms with Crippen molar-refractivity contribution in [2.45, 2.75) is 200 Å². The minimum atomic E-state index is -4.41. The second-order valence-corrected chi connectivity index (χ2v) is 20.7. The Labute approximate surface area is 441 Å². The molecular formula is C62H103NO8P+. The maximum Gasteiger partial charge on any atom is 0.472 e. The molecule has 0 radical (unpaired) electrons. The molecule has 0 saturated heterocycles. The first kappa shape index (κ1) is 68.2. The van der Waals surface area contributed by atoms with E-state index in [-0.39, 0.29) is 26.1 Å². The predicted octanol–water partition coefficient (Wildman–Crippen LogP) is 17.4. The molecule has 2 unspecified atom stereocenters. The molecule has 0 bridgehead atoms.